The number of carbonyl (C=O) groups is 1. The highest BCUT2D eigenvalue weighted by Crippen LogP contribution is 2.27. The molecule has 2 aliphatic heterocycles. The molecule has 0 aromatic carbocycles. The van der Waals surface area contributed by atoms with Gasteiger partial charge in [0.15, 0.2) is 0 Å². The maximum atomic E-state index is 12.1. The lowest BCUT2D eigenvalue weighted by Gasteiger charge is -2.28. The van der Waals surface area contributed by atoms with Gasteiger partial charge in [-0.1, -0.05) is 0 Å². The van der Waals surface area contributed by atoms with Crippen molar-refractivity contribution < 1.29 is 4.79 Å². The van der Waals surface area contributed by atoms with Gasteiger partial charge in [0.2, 0.25) is 5.91 Å². The van der Waals surface area contributed by atoms with Gasteiger partial charge in [-0.25, -0.2) is 0 Å². The van der Waals surface area contributed by atoms with Crippen molar-refractivity contribution in [2.45, 2.75) is 39.3 Å². The van der Waals surface area contributed by atoms with Crippen LogP contribution in [-0.4, -0.2) is 48.6 Å². The summed E-state index contributed by atoms with van der Waals surface area (Å²) in [7, 11) is 0. The highest BCUT2D eigenvalue weighted by molar-refractivity contribution is 5.85. The summed E-state index contributed by atoms with van der Waals surface area (Å²) >= 11 is 0. The summed E-state index contributed by atoms with van der Waals surface area (Å²) in [5, 5.41) is 6.49. The second-order valence-electron chi connectivity index (χ2n) is 6.55. The minimum absolute atomic E-state index is 0. The van der Waals surface area contributed by atoms with Crippen LogP contribution in [0.4, 0.5) is 0 Å². The van der Waals surface area contributed by atoms with E-state index in [9.17, 15) is 4.79 Å². The lowest BCUT2D eigenvalue weighted by molar-refractivity contribution is -0.127. The van der Waals surface area contributed by atoms with Crippen LogP contribution in [0.3, 0.4) is 0 Å². The third kappa shape index (κ3) is 3.59. The van der Waals surface area contributed by atoms with Crippen LogP contribution in [0.15, 0.2) is 0 Å². The zero-order chi connectivity index (χ0) is 12.6. The molecule has 2 N–H and O–H groups in total. The number of amides is 1. The third-order valence-corrected chi connectivity index (χ3v) is 3.84. The van der Waals surface area contributed by atoms with Gasteiger partial charge < -0.3 is 10.6 Å². The maximum absolute atomic E-state index is 12.1. The van der Waals surface area contributed by atoms with Crippen molar-refractivity contribution in [3.63, 3.8) is 0 Å². The van der Waals surface area contributed by atoms with Gasteiger partial charge in [0.05, 0.1) is 6.04 Å². The van der Waals surface area contributed by atoms with Crippen molar-refractivity contribution in [3.8, 4) is 0 Å². The molecule has 0 bridgehead atoms. The largest absolute Gasteiger partial charge is 0.350 e. The molecule has 1 unspecified atom stereocenters. The van der Waals surface area contributed by atoms with E-state index >= 15 is 0 Å². The van der Waals surface area contributed by atoms with Gasteiger partial charge in [0.1, 0.15) is 0 Å². The van der Waals surface area contributed by atoms with E-state index in [0.29, 0.717) is 0 Å². The smallest absolute Gasteiger partial charge is 0.237 e. The Morgan fingerprint density at radius 1 is 1.28 bits per heavy atom. The van der Waals surface area contributed by atoms with Gasteiger partial charge >= 0.3 is 0 Å². The van der Waals surface area contributed by atoms with Gasteiger partial charge in [0, 0.05) is 18.6 Å². The fourth-order valence-electron chi connectivity index (χ4n) is 2.85. The molecule has 0 aliphatic carbocycles. The average Bonchev–Trinajstić information content (AvgIpc) is 2.72. The fraction of sp³-hybridized carbons (Fsp3) is 0.923. The molecule has 4 nitrogen and oxygen atoms in total. The van der Waals surface area contributed by atoms with E-state index in [-0.39, 0.29) is 29.9 Å². The van der Waals surface area contributed by atoms with E-state index in [1.807, 2.05) is 27.7 Å². The molecule has 2 saturated heterocycles. The summed E-state index contributed by atoms with van der Waals surface area (Å²) in [6.45, 7) is 12.5. The average molecular weight is 276 g/mol. The van der Waals surface area contributed by atoms with E-state index < -0.39 is 0 Å². The number of likely N-dealkylation sites (tertiary alicyclic amines) is 1. The molecule has 0 aromatic rings. The van der Waals surface area contributed by atoms with Crippen molar-refractivity contribution in [1.82, 2.24) is 15.5 Å². The maximum Gasteiger partial charge on any atom is 0.237 e. The van der Waals surface area contributed by atoms with E-state index in [1.165, 1.54) is 0 Å². The van der Waals surface area contributed by atoms with Crippen molar-refractivity contribution in [2.24, 2.45) is 11.8 Å². The summed E-state index contributed by atoms with van der Waals surface area (Å²) in [4.78, 5) is 14.4. The molecular weight excluding hydrogens is 250 g/mol. The highest BCUT2D eigenvalue weighted by Gasteiger charge is 2.39. The standard InChI is InChI=1S/C13H25N3O.ClH/c1-9(12(17)15-13(2,3)4)16-7-10-5-14-6-11(10)8-16;/h9-11,14H,5-8H2,1-4H3,(H,15,17);1H/t9?,10-,11+;. The molecule has 2 heterocycles. The van der Waals surface area contributed by atoms with Gasteiger partial charge in [-0.2, -0.15) is 0 Å². The predicted molar refractivity (Wildman–Crippen MR) is 76.0 cm³/mol. The second kappa shape index (κ2) is 5.76. The molecule has 0 spiro atoms. The molecule has 5 heteroatoms. The number of carbonyl (C=O) groups excluding carboxylic acids is 1. The van der Waals surface area contributed by atoms with E-state index in [4.69, 9.17) is 0 Å². The Morgan fingerprint density at radius 3 is 2.22 bits per heavy atom. The van der Waals surface area contributed by atoms with Crippen molar-refractivity contribution in [1.29, 1.82) is 0 Å². The fourth-order valence-corrected chi connectivity index (χ4v) is 2.85. The molecule has 0 aromatic heterocycles. The van der Waals surface area contributed by atoms with E-state index in [1.54, 1.807) is 0 Å². The molecule has 0 radical (unpaired) electrons. The predicted octanol–water partition coefficient (Wildman–Crippen LogP) is 0.863. The molecule has 1 amide bonds. The Hall–Kier alpha value is -0.320. The molecular formula is C13H26ClN3O. The van der Waals surface area contributed by atoms with Gasteiger partial charge in [-0.3, -0.25) is 9.69 Å². The Bertz CT molecular complexity index is 291. The van der Waals surface area contributed by atoms with Crippen LogP contribution in [0.2, 0.25) is 0 Å². The monoisotopic (exact) mass is 275 g/mol. The Kier molecular flexibility index (Phi) is 5.04. The SMILES string of the molecule is CC(C(=O)NC(C)(C)C)N1C[C@H]2CNC[C@H]2C1.Cl. The summed E-state index contributed by atoms with van der Waals surface area (Å²) in [6, 6.07) is -0.000162. The molecule has 0 saturated carbocycles. The van der Waals surface area contributed by atoms with Gasteiger partial charge in [-0.15, -0.1) is 12.4 Å². The minimum Gasteiger partial charge on any atom is -0.350 e. The lowest BCUT2D eigenvalue weighted by Crippen LogP contribution is -2.50. The van der Waals surface area contributed by atoms with Crippen molar-refractivity contribution >= 4 is 18.3 Å². The Morgan fingerprint density at radius 2 is 1.78 bits per heavy atom. The molecule has 2 aliphatic rings. The van der Waals surface area contributed by atoms with Crippen molar-refractivity contribution in [2.75, 3.05) is 26.2 Å². The summed E-state index contributed by atoms with van der Waals surface area (Å²) in [5.74, 6) is 1.66. The van der Waals surface area contributed by atoms with E-state index in [0.717, 1.165) is 38.0 Å². The third-order valence-electron chi connectivity index (χ3n) is 3.84. The Labute approximate surface area is 116 Å². The zero-order valence-corrected chi connectivity index (χ0v) is 12.6. The molecule has 2 fully saturated rings. The molecule has 18 heavy (non-hydrogen) atoms. The van der Waals surface area contributed by atoms with Crippen molar-refractivity contribution in [3.05, 3.63) is 0 Å². The van der Waals surface area contributed by atoms with Crippen LogP contribution in [0, 0.1) is 11.8 Å². The number of hydrogen-bond acceptors (Lipinski definition) is 3. The van der Waals surface area contributed by atoms with Crippen LogP contribution in [0.25, 0.3) is 0 Å². The first-order valence-corrected chi connectivity index (χ1v) is 6.63. The minimum atomic E-state index is -0.136. The first-order chi connectivity index (χ1) is 7.87. The zero-order valence-electron chi connectivity index (χ0n) is 11.8. The molecule has 106 valence electrons. The summed E-state index contributed by atoms with van der Waals surface area (Å²) < 4.78 is 0. The first-order valence-electron chi connectivity index (χ1n) is 6.63. The van der Waals surface area contributed by atoms with Crippen LogP contribution < -0.4 is 10.6 Å². The first kappa shape index (κ1) is 15.7. The summed E-state index contributed by atoms with van der Waals surface area (Å²) in [6.07, 6.45) is 0. The normalized spacial score (nSPS) is 29.6. The van der Waals surface area contributed by atoms with Gasteiger partial charge in [-0.05, 0) is 52.6 Å². The topological polar surface area (TPSA) is 44.4 Å². The van der Waals surface area contributed by atoms with Gasteiger partial charge in [0.25, 0.3) is 0 Å². The second-order valence-corrected chi connectivity index (χ2v) is 6.55. The lowest BCUT2D eigenvalue weighted by atomic mass is 10.0. The molecule has 3 atom stereocenters. The number of nitrogens with one attached hydrogen (secondary N) is 2. The van der Waals surface area contributed by atoms with Crippen LogP contribution in [0.1, 0.15) is 27.7 Å². The number of rotatable bonds is 2. The number of nitrogens with zero attached hydrogens (tertiary/aromatic N) is 1. The number of hydrogen-bond donors (Lipinski definition) is 2. The number of halogens is 1. The highest BCUT2D eigenvalue weighted by atomic mass is 35.5. The Balaban J connectivity index is 0.00000162. The number of fused-ring (bicyclic) bond motifs is 1. The van der Waals surface area contributed by atoms with Crippen LogP contribution in [-0.2, 0) is 4.79 Å². The van der Waals surface area contributed by atoms with Crippen LogP contribution >= 0.6 is 12.4 Å². The molecule has 2 rings (SSSR count). The summed E-state index contributed by atoms with van der Waals surface area (Å²) in [5.41, 5.74) is -0.136. The van der Waals surface area contributed by atoms with Crippen LogP contribution in [0.5, 0.6) is 0 Å². The van der Waals surface area contributed by atoms with E-state index in [2.05, 4.69) is 15.5 Å². The quantitative estimate of drug-likeness (QED) is 0.786.